The van der Waals surface area contributed by atoms with E-state index in [1.807, 2.05) is 26.0 Å². The lowest BCUT2D eigenvalue weighted by atomic mass is 10.1. The van der Waals surface area contributed by atoms with Gasteiger partial charge in [0.15, 0.2) is 0 Å². The summed E-state index contributed by atoms with van der Waals surface area (Å²) in [7, 11) is -2.45. The number of anilines is 1. The Hall–Kier alpha value is -3.95. The molecule has 1 N–H and O–H groups in total. The molecule has 0 atom stereocenters. The first-order valence-electron chi connectivity index (χ1n) is 11.3. The SMILES string of the molecule is COc1ccc2cc(/C=N/NC(=O)CN(c3cccc(C)c3C)S(=O)(=O)c3ccccc3)c(Cl)nc2c1. The van der Waals surface area contributed by atoms with Gasteiger partial charge < -0.3 is 4.74 Å². The lowest BCUT2D eigenvalue weighted by Gasteiger charge is -2.26. The average Bonchev–Trinajstić information content (AvgIpc) is 2.89. The Labute approximate surface area is 220 Å². The number of nitrogens with zero attached hydrogens (tertiary/aromatic N) is 3. The van der Waals surface area contributed by atoms with Crippen LogP contribution in [-0.4, -0.2) is 39.2 Å². The van der Waals surface area contributed by atoms with Crippen molar-refractivity contribution >= 4 is 50.3 Å². The molecule has 3 aromatic carbocycles. The standard InChI is InChI=1S/C27H25ClN4O4S/c1-18-8-7-11-25(19(18)2)32(37(34,35)23-9-5-4-6-10-23)17-26(33)31-29-16-21-14-20-12-13-22(36-3)15-24(20)30-27(21)28/h4-16H,17H2,1-3H3,(H,31,33)/b29-16+. The highest BCUT2D eigenvalue weighted by Crippen LogP contribution is 2.28. The van der Waals surface area contributed by atoms with Gasteiger partial charge in [-0.05, 0) is 61.4 Å². The first-order valence-corrected chi connectivity index (χ1v) is 13.1. The van der Waals surface area contributed by atoms with Crippen molar-refractivity contribution in [3.05, 3.63) is 94.6 Å². The summed E-state index contributed by atoms with van der Waals surface area (Å²) < 4.78 is 33.3. The number of hydrogen-bond donors (Lipinski definition) is 1. The lowest BCUT2D eigenvalue weighted by molar-refractivity contribution is -0.119. The number of hydrazone groups is 1. The molecule has 0 radical (unpaired) electrons. The van der Waals surface area contributed by atoms with E-state index in [2.05, 4.69) is 15.5 Å². The van der Waals surface area contributed by atoms with Gasteiger partial charge in [-0.2, -0.15) is 5.10 Å². The number of fused-ring (bicyclic) bond motifs is 1. The Morgan fingerprint density at radius 1 is 1.08 bits per heavy atom. The molecule has 37 heavy (non-hydrogen) atoms. The van der Waals surface area contributed by atoms with Crippen molar-refractivity contribution in [1.29, 1.82) is 0 Å². The fraction of sp³-hybridized carbons (Fsp3) is 0.148. The molecule has 0 bridgehead atoms. The maximum atomic E-state index is 13.5. The Morgan fingerprint density at radius 3 is 2.57 bits per heavy atom. The molecule has 4 aromatic rings. The molecule has 8 nitrogen and oxygen atoms in total. The van der Waals surface area contributed by atoms with Crippen LogP contribution < -0.4 is 14.5 Å². The zero-order valence-electron chi connectivity index (χ0n) is 20.5. The van der Waals surface area contributed by atoms with Gasteiger partial charge >= 0.3 is 0 Å². The Bertz CT molecular complexity index is 1590. The van der Waals surface area contributed by atoms with Gasteiger partial charge in [0.1, 0.15) is 17.4 Å². The second kappa shape index (κ2) is 11.0. The van der Waals surface area contributed by atoms with E-state index in [0.29, 0.717) is 22.5 Å². The minimum Gasteiger partial charge on any atom is -0.497 e. The van der Waals surface area contributed by atoms with Crippen LogP contribution in [0, 0.1) is 13.8 Å². The first kappa shape index (κ1) is 26.1. The minimum absolute atomic E-state index is 0.0813. The quantitative estimate of drug-likeness (QED) is 0.197. The Morgan fingerprint density at radius 2 is 1.84 bits per heavy atom. The molecular weight excluding hydrogens is 512 g/mol. The zero-order chi connectivity index (χ0) is 26.6. The van der Waals surface area contributed by atoms with Crippen molar-refractivity contribution < 1.29 is 17.9 Å². The van der Waals surface area contributed by atoms with E-state index in [9.17, 15) is 13.2 Å². The van der Waals surface area contributed by atoms with Gasteiger partial charge in [0.05, 0.1) is 29.4 Å². The van der Waals surface area contributed by atoms with Crippen LogP contribution in [-0.2, 0) is 14.8 Å². The van der Waals surface area contributed by atoms with Gasteiger partial charge in [-0.1, -0.05) is 41.9 Å². The lowest BCUT2D eigenvalue weighted by Crippen LogP contribution is -2.40. The number of ether oxygens (including phenoxy) is 1. The summed E-state index contributed by atoms with van der Waals surface area (Å²) in [4.78, 5) is 17.3. The number of hydrogen-bond acceptors (Lipinski definition) is 6. The number of sulfonamides is 1. The molecule has 0 aliphatic rings. The van der Waals surface area contributed by atoms with E-state index < -0.39 is 22.5 Å². The smallest absolute Gasteiger partial charge is 0.264 e. The molecule has 0 aliphatic carbocycles. The third-order valence-corrected chi connectivity index (χ3v) is 7.94. The van der Waals surface area contributed by atoms with Crippen LogP contribution in [0.15, 0.2) is 82.8 Å². The number of carbonyl (C=O) groups excluding carboxylic acids is 1. The number of pyridine rings is 1. The van der Waals surface area contributed by atoms with E-state index in [4.69, 9.17) is 16.3 Å². The molecule has 1 heterocycles. The topological polar surface area (TPSA) is 101 Å². The number of rotatable bonds is 8. The fourth-order valence-corrected chi connectivity index (χ4v) is 5.42. The number of aromatic nitrogens is 1. The van der Waals surface area contributed by atoms with Crippen LogP contribution in [0.3, 0.4) is 0 Å². The molecule has 0 aliphatic heterocycles. The second-order valence-electron chi connectivity index (χ2n) is 8.26. The van der Waals surface area contributed by atoms with Gasteiger partial charge in [0, 0.05) is 17.0 Å². The molecule has 0 saturated heterocycles. The zero-order valence-corrected chi connectivity index (χ0v) is 22.0. The molecule has 4 rings (SSSR count). The van der Waals surface area contributed by atoms with Crippen molar-refractivity contribution in [3.8, 4) is 5.75 Å². The minimum atomic E-state index is -4.02. The molecule has 10 heteroatoms. The number of aryl methyl sites for hydroxylation is 1. The van der Waals surface area contributed by atoms with E-state index in [1.54, 1.807) is 55.6 Å². The highest BCUT2D eigenvalue weighted by Gasteiger charge is 2.28. The van der Waals surface area contributed by atoms with Crippen molar-refractivity contribution in [1.82, 2.24) is 10.4 Å². The highest BCUT2D eigenvalue weighted by atomic mass is 35.5. The van der Waals surface area contributed by atoms with Gasteiger partial charge in [0.2, 0.25) is 0 Å². The average molecular weight is 537 g/mol. The number of amides is 1. The molecule has 0 spiro atoms. The van der Waals surface area contributed by atoms with Crippen LogP contribution in [0.1, 0.15) is 16.7 Å². The van der Waals surface area contributed by atoms with Crippen molar-refractivity contribution in [2.45, 2.75) is 18.7 Å². The molecular formula is C27H25ClN4O4S. The van der Waals surface area contributed by atoms with E-state index in [1.165, 1.54) is 18.3 Å². The molecule has 1 amide bonds. The number of halogens is 1. The summed E-state index contributed by atoms with van der Waals surface area (Å²) in [5, 5.41) is 5.00. The number of carbonyl (C=O) groups is 1. The van der Waals surface area contributed by atoms with Crippen LogP contribution in [0.2, 0.25) is 5.15 Å². The molecule has 0 fully saturated rings. The molecule has 1 aromatic heterocycles. The van der Waals surface area contributed by atoms with Crippen molar-refractivity contribution in [3.63, 3.8) is 0 Å². The van der Waals surface area contributed by atoms with Crippen molar-refractivity contribution in [2.24, 2.45) is 5.10 Å². The number of benzene rings is 3. The monoisotopic (exact) mass is 536 g/mol. The van der Waals surface area contributed by atoms with Crippen molar-refractivity contribution in [2.75, 3.05) is 18.0 Å². The second-order valence-corrected chi connectivity index (χ2v) is 10.5. The van der Waals surface area contributed by atoms with E-state index >= 15 is 0 Å². The molecule has 0 saturated carbocycles. The Balaban J connectivity index is 1.58. The van der Waals surface area contributed by atoms with E-state index in [-0.39, 0.29) is 10.0 Å². The summed E-state index contributed by atoms with van der Waals surface area (Å²) in [5.41, 5.74) is 5.62. The van der Waals surface area contributed by atoms with Crippen LogP contribution >= 0.6 is 11.6 Å². The van der Waals surface area contributed by atoms with Gasteiger partial charge in [0.25, 0.3) is 15.9 Å². The van der Waals surface area contributed by atoms with Crippen LogP contribution in [0.4, 0.5) is 5.69 Å². The maximum Gasteiger partial charge on any atom is 0.264 e. The number of nitrogens with one attached hydrogen (secondary N) is 1. The molecule has 190 valence electrons. The maximum absolute atomic E-state index is 13.5. The third kappa shape index (κ3) is 5.73. The Kier molecular flexibility index (Phi) is 7.75. The summed E-state index contributed by atoms with van der Waals surface area (Å²) in [6, 6.07) is 20.5. The predicted octanol–water partition coefficient (Wildman–Crippen LogP) is 4.86. The van der Waals surface area contributed by atoms with Gasteiger partial charge in [-0.3, -0.25) is 9.10 Å². The summed E-state index contributed by atoms with van der Waals surface area (Å²) in [5.74, 6) is 0.0369. The van der Waals surface area contributed by atoms with Gasteiger partial charge in [-0.25, -0.2) is 18.8 Å². The van der Waals surface area contributed by atoms with Crippen LogP contribution in [0.5, 0.6) is 5.75 Å². The highest BCUT2D eigenvalue weighted by molar-refractivity contribution is 7.92. The first-order chi connectivity index (χ1) is 17.7. The summed E-state index contributed by atoms with van der Waals surface area (Å²) in [6.45, 7) is 3.23. The third-order valence-electron chi connectivity index (χ3n) is 5.86. The molecule has 0 unspecified atom stereocenters. The summed E-state index contributed by atoms with van der Waals surface area (Å²) >= 11 is 6.29. The largest absolute Gasteiger partial charge is 0.497 e. The summed E-state index contributed by atoms with van der Waals surface area (Å²) in [6.07, 6.45) is 1.37. The predicted molar refractivity (Wildman–Crippen MR) is 146 cm³/mol. The van der Waals surface area contributed by atoms with E-state index in [0.717, 1.165) is 20.8 Å². The fourth-order valence-electron chi connectivity index (χ4n) is 3.72. The normalized spacial score (nSPS) is 11.6. The van der Waals surface area contributed by atoms with Gasteiger partial charge in [-0.15, -0.1) is 0 Å². The number of methoxy groups -OCH3 is 1. The van der Waals surface area contributed by atoms with Crippen LogP contribution in [0.25, 0.3) is 10.9 Å².